The van der Waals surface area contributed by atoms with Crippen LogP contribution in [0.25, 0.3) is 11.6 Å². The minimum Gasteiger partial charge on any atom is -0.383 e. The second-order valence-corrected chi connectivity index (χ2v) is 4.27. The molecule has 0 saturated heterocycles. The lowest BCUT2D eigenvalue weighted by molar-refractivity contribution is 1.05. The fraction of sp³-hybridized carbons (Fsp3) is 0.222. The Balaban J connectivity index is 2.15. The molecule has 1 aliphatic rings. The zero-order chi connectivity index (χ0) is 10.3. The van der Waals surface area contributed by atoms with Gasteiger partial charge in [0, 0.05) is 29.5 Å². The molecule has 0 amide bonds. The predicted octanol–water partition coefficient (Wildman–Crippen LogP) is 1.20. The van der Waals surface area contributed by atoms with Gasteiger partial charge in [-0.25, -0.2) is 15.0 Å². The topological polar surface area (TPSA) is 80.5 Å². The smallest absolute Gasteiger partial charge is 0.197 e. The molecule has 3 rings (SSSR count). The van der Waals surface area contributed by atoms with E-state index >= 15 is 0 Å². The van der Waals surface area contributed by atoms with Gasteiger partial charge in [0.1, 0.15) is 5.82 Å². The molecule has 15 heavy (non-hydrogen) atoms. The number of aromatic nitrogens is 4. The Hall–Kier alpha value is -1.56. The fourth-order valence-corrected chi connectivity index (χ4v) is 2.62. The van der Waals surface area contributed by atoms with Gasteiger partial charge in [-0.1, -0.05) is 0 Å². The number of hydrogen-bond donors (Lipinski definition) is 2. The molecule has 2 aromatic heterocycles. The minimum absolute atomic E-state index is 0.580. The van der Waals surface area contributed by atoms with Crippen LogP contribution in [0.5, 0.6) is 0 Å². The van der Waals surface area contributed by atoms with Crippen LogP contribution >= 0.6 is 11.8 Å². The largest absolute Gasteiger partial charge is 0.383 e. The summed E-state index contributed by atoms with van der Waals surface area (Å²) in [6, 6.07) is 0. The summed E-state index contributed by atoms with van der Waals surface area (Å²) in [7, 11) is 0. The Labute approximate surface area is 90.5 Å². The predicted molar refractivity (Wildman–Crippen MR) is 59.0 cm³/mol. The monoisotopic (exact) mass is 219 g/mol. The van der Waals surface area contributed by atoms with Gasteiger partial charge in [-0.2, -0.15) is 11.8 Å². The van der Waals surface area contributed by atoms with Gasteiger partial charge in [-0.15, -0.1) is 0 Å². The molecule has 2 aromatic rings. The van der Waals surface area contributed by atoms with Crippen LogP contribution in [-0.2, 0) is 11.5 Å². The van der Waals surface area contributed by atoms with E-state index in [1.54, 1.807) is 12.4 Å². The van der Waals surface area contributed by atoms with E-state index in [0.717, 1.165) is 22.8 Å². The Morgan fingerprint density at radius 1 is 1.33 bits per heavy atom. The Bertz CT molecular complexity index is 493. The zero-order valence-corrected chi connectivity index (χ0v) is 8.71. The summed E-state index contributed by atoms with van der Waals surface area (Å²) in [5.41, 5.74) is 7.99. The van der Waals surface area contributed by atoms with Crippen molar-refractivity contribution < 1.29 is 0 Å². The highest BCUT2D eigenvalue weighted by Gasteiger charge is 2.19. The summed E-state index contributed by atoms with van der Waals surface area (Å²) in [4.78, 5) is 15.8. The molecule has 5 nitrogen and oxygen atoms in total. The molecular formula is C9H9N5S. The van der Waals surface area contributed by atoms with Crippen molar-refractivity contribution in [2.45, 2.75) is 11.5 Å². The van der Waals surface area contributed by atoms with Crippen molar-refractivity contribution in [1.82, 2.24) is 19.9 Å². The van der Waals surface area contributed by atoms with Crippen LogP contribution < -0.4 is 5.73 Å². The highest BCUT2D eigenvalue weighted by atomic mass is 32.2. The molecule has 0 atom stereocenters. The SMILES string of the molecule is Nc1nc(-c2ncc[nH]2)nc2c1CSC2. The first-order chi connectivity index (χ1) is 7.34. The second-order valence-electron chi connectivity index (χ2n) is 3.29. The second kappa shape index (κ2) is 3.23. The standard InChI is InChI=1S/C9H9N5S/c10-7-5-3-15-4-6(5)13-9(14-7)8-11-1-2-12-8/h1-2H,3-4H2,(H,11,12)(H2,10,13,14). The lowest BCUT2D eigenvalue weighted by atomic mass is 10.2. The van der Waals surface area contributed by atoms with Crippen molar-refractivity contribution >= 4 is 17.6 Å². The summed E-state index contributed by atoms with van der Waals surface area (Å²) < 4.78 is 0. The molecule has 0 radical (unpaired) electrons. The summed E-state index contributed by atoms with van der Waals surface area (Å²) in [6.45, 7) is 0. The number of rotatable bonds is 1. The molecule has 1 aliphatic heterocycles. The number of imidazole rings is 1. The van der Waals surface area contributed by atoms with Crippen molar-refractivity contribution in [1.29, 1.82) is 0 Å². The molecule has 0 spiro atoms. The lowest BCUT2D eigenvalue weighted by Crippen LogP contribution is -2.03. The number of H-pyrrole nitrogens is 1. The van der Waals surface area contributed by atoms with Crippen LogP contribution in [0.1, 0.15) is 11.3 Å². The van der Waals surface area contributed by atoms with E-state index in [9.17, 15) is 0 Å². The first-order valence-corrected chi connectivity index (χ1v) is 5.73. The number of nitrogens with one attached hydrogen (secondary N) is 1. The average Bonchev–Trinajstić information content (AvgIpc) is 2.88. The maximum Gasteiger partial charge on any atom is 0.197 e. The van der Waals surface area contributed by atoms with Crippen molar-refractivity contribution in [3.8, 4) is 11.6 Å². The molecule has 76 valence electrons. The third-order valence-corrected chi connectivity index (χ3v) is 3.29. The summed E-state index contributed by atoms with van der Waals surface area (Å²) >= 11 is 1.81. The maximum absolute atomic E-state index is 5.87. The van der Waals surface area contributed by atoms with Crippen LogP contribution in [0.4, 0.5) is 5.82 Å². The summed E-state index contributed by atoms with van der Waals surface area (Å²) in [5, 5.41) is 0. The zero-order valence-electron chi connectivity index (χ0n) is 7.90. The average molecular weight is 219 g/mol. The summed E-state index contributed by atoms with van der Waals surface area (Å²) in [6.07, 6.45) is 3.42. The number of nitrogen functional groups attached to an aromatic ring is 1. The highest BCUT2D eigenvalue weighted by Crippen LogP contribution is 2.32. The number of hydrogen-bond acceptors (Lipinski definition) is 5. The maximum atomic E-state index is 5.87. The Morgan fingerprint density at radius 3 is 3.07 bits per heavy atom. The van der Waals surface area contributed by atoms with Gasteiger partial charge >= 0.3 is 0 Å². The van der Waals surface area contributed by atoms with Crippen LogP contribution in [0.3, 0.4) is 0 Å². The van der Waals surface area contributed by atoms with Gasteiger partial charge in [0.2, 0.25) is 0 Å². The van der Waals surface area contributed by atoms with Gasteiger partial charge in [0.05, 0.1) is 5.69 Å². The van der Waals surface area contributed by atoms with E-state index in [4.69, 9.17) is 5.73 Å². The van der Waals surface area contributed by atoms with E-state index in [1.165, 1.54) is 0 Å². The van der Waals surface area contributed by atoms with Gasteiger partial charge in [-0.3, -0.25) is 0 Å². The van der Waals surface area contributed by atoms with Crippen molar-refractivity contribution in [3.63, 3.8) is 0 Å². The number of thioether (sulfide) groups is 1. The van der Waals surface area contributed by atoms with E-state index in [0.29, 0.717) is 17.5 Å². The molecule has 0 aliphatic carbocycles. The molecule has 0 fully saturated rings. The Morgan fingerprint density at radius 2 is 2.27 bits per heavy atom. The molecule has 6 heteroatoms. The van der Waals surface area contributed by atoms with E-state index < -0.39 is 0 Å². The van der Waals surface area contributed by atoms with E-state index in [2.05, 4.69) is 19.9 Å². The van der Waals surface area contributed by atoms with Gasteiger partial charge in [-0.05, 0) is 0 Å². The quantitative estimate of drug-likeness (QED) is 0.753. The molecular weight excluding hydrogens is 210 g/mol. The van der Waals surface area contributed by atoms with Crippen molar-refractivity contribution in [2.75, 3.05) is 5.73 Å². The van der Waals surface area contributed by atoms with Crippen LogP contribution in [-0.4, -0.2) is 19.9 Å². The van der Waals surface area contributed by atoms with E-state index in [1.807, 2.05) is 11.8 Å². The third kappa shape index (κ3) is 1.37. The molecule has 0 bridgehead atoms. The minimum atomic E-state index is 0.580. The third-order valence-electron chi connectivity index (χ3n) is 2.32. The van der Waals surface area contributed by atoms with Gasteiger partial charge < -0.3 is 10.7 Å². The van der Waals surface area contributed by atoms with Gasteiger partial charge in [0.15, 0.2) is 11.6 Å². The van der Waals surface area contributed by atoms with Crippen LogP contribution in [0.15, 0.2) is 12.4 Å². The van der Waals surface area contributed by atoms with E-state index in [-0.39, 0.29) is 0 Å². The number of anilines is 1. The molecule has 0 saturated carbocycles. The highest BCUT2D eigenvalue weighted by molar-refractivity contribution is 7.98. The number of aromatic amines is 1. The Kier molecular flexibility index (Phi) is 1.88. The summed E-state index contributed by atoms with van der Waals surface area (Å²) in [5.74, 6) is 3.66. The van der Waals surface area contributed by atoms with Crippen LogP contribution in [0, 0.1) is 0 Å². The van der Waals surface area contributed by atoms with Crippen LogP contribution in [0.2, 0.25) is 0 Å². The van der Waals surface area contributed by atoms with Crippen molar-refractivity contribution in [2.24, 2.45) is 0 Å². The normalized spacial score (nSPS) is 14.1. The number of nitrogens with zero attached hydrogens (tertiary/aromatic N) is 3. The molecule has 3 heterocycles. The fourth-order valence-electron chi connectivity index (χ4n) is 1.57. The lowest BCUT2D eigenvalue weighted by Gasteiger charge is -2.03. The molecule has 0 unspecified atom stereocenters. The van der Waals surface area contributed by atoms with Gasteiger partial charge in [0.25, 0.3) is 0 Å². The molecule has 3 N–H and O–H groups in total. The number of fused-ring (bicyclic) bond motifs is 1. The first kappa shape index (κ1) is 8.72. The van der Waals surface area contributed by atoms with Crippen molar-refractivity contribution in [3.05, 3.63) is 23.7 Å². The molecule has 0 aromatic carbocycles. The number of nitrogens with two attached hydrogens (primary N) is 1. The first-order valence-electron chi connectivity index (χ1n) is 4.57.